The first-order valence-electron chi connectivity index (χ1n) is 6.24. The summed E-state index contributed by atoms with van der Waals surface area (Å²) in [6, 6.07) is -0.0229. The van der Waals surface area contributed by atoms with Crippen molar-refractivity contribution in [2.24, 2.45) is 0 Å². The minimum atomic E-state index is -0.0229. The Balaban J connectivity index is 2.78. The van der Waals surface area contributed by atoms with Crippen LogP contribution in [0.5, 0.6) is 0 Å². The van der Waals surface area contributed by atoms with E-state index < -0.39 is 0 Å². The third kappa shape index (κ3) is 2.40. The van der Waals surface area contributed by atoms with Crippen LogP contribution in [-0.4, -0.2) is 23.3 Å². The highest BCUT2D eigenvalue weighted by molar-refractivity contribution is 7.71. The summed E-state index contributed by atoms with van der Waals surface area (Å²) in [4.78, 5) is 17.9. The van der Waals surface area contributed by atoms with Gasteiger partial charge in [-0.3, -0.25) is 9.36 Å². The number of fused-ring (bicyclic) bond motifs is 1. The molecule has 1 unspecified atom stereocenters. The van der Waals surface area contributed by atoms with Crippen molar-refractivity contribution in [3.05, 3.63) is 25.6 Å². The Morgan fingerprint density at radius 1 is 1.47 bits per heavy atom. The van der Waals surface area contributed by atoms with E-state index in [9.17, 15) is 4.79 Å². The van der Waals surface area contributed by atoms with Gasteiger partial charge in [-0.2, -0.15) is 0 Å². The number of ether oxygens (including phenoxy) is 1. The molecule has 0 aromatic carbocycles. The van der Waals surface area contributed by atoms with E-state index >= 15 is 0 Å². The van der Waals surface area contributed by atoms with Crippen LogP contribution in [0.25, 0.3) is 10.2 Å². The van der Waals surface area contributed by atoms with Gasteiger partial charge in [-0.25, -0.2) is 0 Å². The minimum Gasteiger partial charge on any atom is -0.383 e. The lowest BCUT2D eigenvalue weighted by atomic mass is 10.2. The molecule has 0 aliphatic heterocycles. The zero-order valence-electron chi connectivity index (χ0n) is 11.6. The topological polar surface area (TPSA) is 47.0 Å². The highest BCUT2D eigenvalue weighted by atomic mass is 32.1. The molecule has 2 aromatic rings. The molecule has 0 amide bonds. The van der Waals surface area contributed by atoms with Crippen molar-refractivity contribution in [2.45, 2.75) is 33.2 Å². The fourth-order valence-electron chi connectivity index (χ4n) is 2.24. The molecule has 4 nitrogen and oxygen atoms in total. The van der Waals surface area contributed by atoms with E-state index in [1.165, 1.54) is 0 Å². The number of nitrogens with one attached hydrogen (secondary N) is 1. The largest absolute Gasteiger partial charge is 0.383 e. The van der Waals surface area contributed by atoms with Crippen molar-refractivity contribution in [1.29, 1.82) is 0 Å². The second kappa shape index (κ2) is 5.56. The number of aromatic amines is 1. The summed E-state index contributed by atoms with van der Waals surface area (Å²) in [6.07, 6.45) is 0.804. The van der Waals surface area contributed by atoms with E-state index in [1.54, 1.807) is 23.0 Å². The summed E-state index contributed by atoms with van der Waals surface area (Å²) in [5, 5.41) is 0.755. The van der Waals surface area contributed by atoms with E-state index in [0.29, 0.717) is 11.4 Å². The zero-order valence-corrected chi connectivity index (χ0v) is 13.2. The maximum Gasteiger partial charge on any atom is 0.263 e. The van der Waals surface area contributed by atoms with Gasteiger partial charge in [0, 0.05) is 12.0 Å². The van der Waals surface area contributed by atoms with Crippen LogP contribution >= 0.6 is 23.6 Å². The van der Waals surface area contributed by atoms with E-state index in [1.807, 2.05) is 20.8 Å². The maximum atomic E-state index is 12.7. The van der Waals surface area contributed by atoms with E-state index in [4.69, 9.17) is 17.0 Å². The van der Waals surface area contributed by atoms with Crippen molar-refractivity contribution in [3.63, 3.8) is 0 Å². The minimum absolute atomic E-state index is 0.00972. The molecule has 0 fully saturated rings. The van der Waals surface area contributed by atoms with E-state index in [0.717, 1.165) is 27.1 Å². The fraction of sp³-hybridized carbons (Fsp3) is 0.538. The van der Waals surface area contributed by atoms with Gasteiger partial charge in [-0.15, -0.1) is 11.3 Å². The third-order valence-electron chi connectivity index (χ3n) is 3.45. The van der Waals surface area contributed by atoms with Crippen LogP contribution < -0.4 is 5.56 Å². The lowest BCUT2D eigenvalue weighted by Crippen LogP contribution is -2.28. The van der Waals surface area contributed by atoms with Crippen molar-refractivity contribution in [2.75, 3.05) is 13.7 Å². The molecule has 2 heterocycles. The van der Waals surface area contributed by atoms with Crippen molar-refractivity contribution >= 4 is 33.8 Å². The zero-order chi connectivity index (χ0) is 14.2. The summed E-state index contributed by atoms with van der Waals surface area (Å²) in [5.74, 6) is 0. The van der Waals surface area contributed by atoms with Crippen molar-refractivity contribution in [3.8, 4) is 0 Å². The molecular formula is C13H18N2O2S2. The molecular weight excluding hydrogens is 280 g/mol. The average Bonchev–Trinajstić information content (AvgIpc) is 2.63. The van der Waals surface area contributed by atoms with Crippen LogP contribution in [0.4, 0.5) is 0 Å². The SMILES string of the molecule is CCC(COC)n1c(=S)[nH]c2sc(C)c(C)c2c1=O. The van der Waals surface area contributed by atoms with Crippen molar-refractivity contribution in [1.82, 2.24) is 9.55 Å². The first kappa shape index (κ1) is 14.4. The molecule has 0 spiro atoms. The molecule has 1 atom stereocenters. The van der Waals surface area contributed by atoms with Crippen LogP contribution in [-0.2, 0) is 4.74 Å². The Morgan fingerprint density at radius 3 is 2.74 bits per heavy atom. The monoisotopic (exact) mass is 298 g/mol. The number of aromatic nitrogens is 2. The standard InChI is InChI=1S/C13H18N2O2S2/c1-5-9(6-17-4)15-12(16)10-7(2)8(3)19-11(10)14-13(15)18/h9H,5-6H2,1-4H3,(H,14,18). The van der Waals surface area contributed by atoms with Crippen LogP contribution in [0.3, 0.4) is 0 Å². The molecule has 1 N–H and O–H groups in total. The number of hydrogen-bond acceptors (Lipinski definition) is 4. The quantitative estimate of drug-likeness (QED) is 0.881. The first-order chi connectivity index (χ1) is 9.01. The molecule has 0 aliphatic rings. The molecule has 0 radical (unpaired) electrons. The molecule has 0 aliphatic carbocycles. The van der Waals surface area contributed by atoms with Gasteiger partial charge in [0.15, 0.2) is 4.77 Å². The lowest BCUT2D eigenvalue weighted by Gasteiger charge is -2.17. The molecule has 0 saturated carbocycles. The Kier molecular flexibility index (Phi) is 4.23. The smallest absolute Gasteiger partial charge is 0.263 e. The third-order valence-corrected chi connectivity index (χ3v) is 4.87. The van der Waals surface area contributed by atoms with Gasteiger partial charge in [0.25, 0.3) is 5.56 Å². The highest BCUT2D eigenvalue weighted by Crippen LogP contribution is 2.26. The van der Waals surface area contributed by atoms with Gasteiger partial charge in [-0.1, -0.05) is 6.92 Å². The molecule has 2 rings (SSSR count). The number of aryl methyl sites for hydroxylation is 2. The first-order valence-corrected chi connectivity index (χ1v) is 7.47. The molecule has 0 saturated heterocycles. The fourth-order valence-corrected chi connectivity index (χ4v) is 3.69. The lowest BCUT2D eigenvalue weighted by molar-refractivity contribution is 0.150. The number of methoxy groups -OCH3 is 1. The van der Waals surface area contributed by atoms with Gasteiger partial charge in [-0.05, 0) is 38.0 Å². The van der Waals surface area contributed by atoms with Gasteiger partial charge in [0.1, 0.15) is 4.83 Å². The molecule has 19 heavy (non-hydrogen) atoms. The normalized spacial score (nSPS) is 13.1. The summed E-state index contributed by atoms with van der Waals surface area (Å²) in [7, 11) is 1.64. The van der Waals surface area contributed by atoms with Crippen LogP contribution in [0.15, 0.2) is 4.79 Å². The molecule has 104 valence electrons. The average molecular weight is 298 g/mol. The Bertz CT molecular complexity index is 712. The second-order valence-electron chi connectivity index (χ2n) is 4.61. The van der Waals surface area contributed by atoms with Gasteiger partial charge in [0.05, 0.1) is 18.0 Å². The summed E-state index contributed by atoms with van der Waals surface area (Å²) in [5.41, 5.74) is 1.03. The Morgan fingerprint density at radius 2 is 2.16 bits per heavy atom. The summed E-state index contributed by atoms with van der Waals surface area (Å²) < 4.78 is 7.32. The van der Waals surface area contributed by atoms with Crippen LogP contribution in [0.1, 0.15) is 29.8 Å². The van der Waals surface area contributed by atoms with Crippen LogP contribution in [0.2, 0.25) is 0 Å². The number of thiophene rings is 1. The Labute approximate surface area is 121 Å². The number of hydrogen-bond donors (Lipinski definition) is 1. The number of nitrogens with zero attached hydrogens (tertiary/aromatic N) is 1. The van der Waals surface area contributed by atoms with Crippen molar-refractivity contribution < 1.29 is 4.74 Å². The Hall–Kier alpha value is -0.980. The van der Waals surface area contributed by atoms with Gasteiger partial charge in [0.2, 0.25) is 0 Å². The molecule has 6 heteroatoms. The summed E-state index contributed by atoms with van der Waals surface area (Å²) >= 11 is 6.92. The van der Waals surface area contributed by atoms with E-state index in [2.05, 4.69) is 4.98 Å². The number of rotatable bonds is 4. The maximum absolute atomic E-state index is 12.7. The summed E-state index contributed by atoms with van der Waals surface area (Å²) in [6.45, 7) is 6.52. The van der Waals surface area contributed by atoms with E-state index in [-0.39, 0.29) is 11.6 Å². The number of H-pyrrole nitrogens is 1. The van der Waals surface area contributed by atoms with Crippen LogP contribution in [0, 0.1) is 18.6 Å². The predicted molar refractivity (Wildman–Crippen MR) is 81.9 cm³/mol. The van der Waals surface area contributed by atoms with Gasteiger partial charge < -0.3 is 9.72 Å². The molecule has 0 bridgehead atoms. The second-order valence-corrected chi connectivity index (χ2v) is 6.22. The highest BCUT2D eigenvalue weighted by Gasteiger charge is 2.17. The van der Waals surface area contributed by atoms with Gasteiger partial charge >= 0.3 is 0 Å². The predicted octanol–water partition coefficient (Wildman–Crippen LogP) is 3.33. The molecule has 2 aromatic heterocycles.